The van der Waals surface area contributed by atoms with Crippen LogP contribution in [0.4, 0.5) is 5.69 Å². The molecule has 0 spiro atoms. The van der Waals surface area contributed by atoms with E-state index in [-0.39, 0.29) is 24.0 Å². The number of piperidine rings is 1. The van der Waals surface area contributed by atoms with Crippen molar-refractivity contribution in [2.24, 2.45) is 12.0 Å². The van der Waals surface area contributed by atoms with Crippen LogP contribution in [0.2, 0.25) is 5.02 Å². The number of anilines is 1. The monoisotopic (exact) mass is 503 g/mol. The highest BCUT2D eigenvalue weighted by Gasteiger charge is 2.22. The second-order valence-electron chi connectivity index (χ2n) is 6.53. The van der Waals surface area contributed by atoms with E-state index in [0.717, 1.165) is 54.2 Å². The Hall–Kier alpha value is -1.55. The zero-order valence-corrected chi connectivity index (χ0v) is 19.0. The van der Waals surface area contributed by atoms with Gasteiger partial charge in [0.2, 0.25) is 0 Å². The van der Waals surface area contributed by atoms with Crippen LogP contribution in [-0.2, 0) is 13.6 Å². The Balaban J connectivity index is 0.00000261. The second-order valence-corrected chi connectivity index (χ2v) is 6.94. The molecule has 148 valence electrons. The Labute approximate surface area is 182 Å². The molecule has 0 amide bonds. The van der Waals surface area contributed by atoms with Crippen molar-refractivity contribution < 1.29 is 0 Å². The molecule has 1 aromatic carbocycles. The average Bonchev–Trinajstić information content (AvgIpc) is 2.97. The molecule has 2 aromatic rings. The normalized spacial score (nSPS) is 17.4. The van der Waals surface area contributed by atoms with Crippen LogP contribution in [0.25, 0.3) is 0 Å². The summed E-state index contributed by atoms with van der Waals surface area (Å²) >= 11 is 6.36. The highest BCUT2D eigenvalue weighted by molar-refractivity contribution is 14.0. The molecule has 1 atom stereocenters. The van der Waals surface area contributed by atoms with Gasteiger partial charge < -0.3 is 20.1 Å². The third kappa shape index (κ3) is 5.47. The number of aliphatic imine (C=N–C) groups is 1. The fourth-order valence-corrected chi connectivity index (χ4v) is 3.43. The zero-order chi connectivity index (χ0) is 18.5. The minimum atomic E-state index is 0. The molecule has 1 saturated heterocycles. The van der Waals surface area contributed by atoms with Crippen LogP contribution in [0.3, 0.4) is 0 Å². The summed E-state index contributed by atoms with van der Waals surface area (Å²) in [5.74, 6) is 2.55. The van der Waals surface area contributed by atoms with Gasteiger partial charge in [0, 0.05) is 33.2 Å². The van der Waals surface area contributed by atoms with Gasteiger partial charge in [0.05, 0.1) is 17.3 Å². The number of aromatic nitrogens is 3. The van der Waals surface area contributed by atoms with Crippen LogP contribution >= 0.6 is 35.6 Å². The molecule has 1 unspecified atom stereocenters. The first kappa shape index (κ1) is 21.7. The van der Waals surface area contributed by atoms with E-state index in [4.69, 9.17) is 11.6 Å². The van der Waals surface area contributed by atoms with Gasteiger partial charge in [-0.15, -0.1) is 34.2 Å². The Kier molecular flexibility index (Phi) is 8.15. The molecule has 27 heavy (non-hydrogen) atoms. The molecule has 2 N–H and O–H groups in total. The minimum absolute atomic E-state index is 0. The predicted molar refractivity (Wildman–Crippen MR) is 121 cm³/mol. The molecule has 1 aromatic heterocycles. The Morgan fingerprint density at radius 3 is 2.78 bits per heavy atom. The quantitative estimate of drug-likeness (QED) is 0.381. The van der Waals surface area contributed by atoms with Crippen molar-refractivity contribution in [1.29, 1.82) is 0 Å². The van der Waals surface area contributed by atoms with Crippen LogP contribution in [-0.4, -0.2) is 46.9 Å². The first-order chi connectivity index (χ1) is 12.6. The largest absolute Gasteiger partial charge is 0.368 e. The highest BCUT2D eigenvalue weighted by Crippen LogP contribution is 2.27. The number of hydrogen-bond donors (Lipinski definition) is 2. The lowest BCUT2D eigenvalue weighted by Crippen LogP contribution is -2.51. The smallest absolute Gasteiger partial charge is 0.191 e. The van der Waals surface area contributed by atoms with E-state index in [2.05, 4.69) is 36.8 Å². The van der Waals surface area contributed by atoms with Gasteiger partial charge in [-0.2, -0.15) is 0 Å². The van der Waals surface area contributed by atoms with Crippen molar-refractivity contribution in [3.63, 3.8) is 0 Å². The van der Waals surface area contributed by atoms with Gasteiger partial charge >= 0.3 is 0 Å². The van der Waals surface area contributed by atoms with E-state index >= 15 is 0 Å². The summed E-state index contributed by atoms with van der Waals surface area (Å²) < 4.78 is 1.97. The summed E-state index contributed by atoms with van der Waals surface area (Å²) in [5.41, 5.74) is 1.10. The zero-order valence-electron chi connectivity index (χ0n) is 15.9. The number of hydrogen-bond acceptors (Lipinski definition) is 4. The SMILES string of the molecule is CN=C(NCc1nnc(C)n1C)NC1CCCN(c2ccccc2Cl)C1.I. The Morgan fingerprint density at radius 2 is 2.11 bits per heavy atom. The van der Waals surface area contributed by atoms with Gasteiger partial charge in [0.15, 0.2) is 11.8 Å². The van der Waals surface area contributed by atoms with Gasteiger partial charge in [0.1, 0.15) is 5.82 Å². The van der Waals surface area contributed by atoms with Crippen LogP contribution in [0, 0.1) is 6.92 Å². The predicted octanol–water partition coefficient (Wildman–Crippen LogP) is 2.73. The molecule has 0 bridgehead atoms. The number of nitrogens with zero attached hydrogens (tertiary/aromatic N) is 5. The third-order valence-electron chi connectivity index (χ3n) is 4.78. The van der Waals surface area contributed by atoms with Crippen LogP contribution in [0.1, 0.15) is 24.5 Å². The lowest BCUT2D eigenvalue weighted by Gasteiger charge is -2.35. The molecule has 0 saturated carbocycles. The molecule has 3 rings (SSSR count). The van der Waals surface area contributed by atoms with Crippen molar-refractivity contribution in [2.75, 3.05) is 25.0 Å². The average molecular weight is 504 g/mol. The maximum absolute atomic E-state index is 6.36. The molecule has 0 radical (unpaired) electrons. The molecule has 7 nitrogen and oxygen atoms in total. The molecule has 1 aliphatic rings. The van der Waals surface area contributed by atoms with Crippen molar-refractivity contribution >= 4 is 47.2 Å². The van der Waals surface area contributed by atoms with Gasteiger partial charge in [-0.1, -0.05) is 23.7 Å². The van der Waals surface area contributed by atoms with Crippen molar-refractivity contribution in [1.82, 2.24) is 25.4 Å². The van der Waals surface area contributed by atoms with Crippen LogP contribution < -0.4 is 15.5 Å². The summed E-state index contributed by atoms with van der Waals surface area (Å²) in [7, 11) is 3.75. The molecule has 0 aliphatic carbocycles. The highest BCUT2D eigenvalue weighted by atomic mass is 127. The Bertz CT molecular complexity index is 777. The third-order valence-corrected chi connectivity index (χ3v) is 5.10. The lowest BCUT2D eigenvalue weighted by atomic mass is 10.0. The number of halogens is 2. The molecular weight excluding hydrogens is 477 g/mol. The minimum Gasteiger partial charge on any atom is -0.368 e. The van der Waals surface area contributed by atoms with E-state index in [0.29, 0.717) is 12.6 Å². The second kappa shape index (κ2) is 10.1. The summed E-state index contributed by atoms with van der Waals surface area (Å²) in [6, 6.07) is 8.32. The fourth-order valence-electron chi connectivity index (χ4n) is 3.18. The van der Waals surface area contributed by atoms with Crippen LogP contribution in [0.5, 0.6) is 0 Å². The van der Waals surface area contributed by atoms with E-state index in [1.165, 1.54) is 0 Å². The molecule has 9 heteroatoms. The maximum Gasteiger partial charge on any atom is 0.191 e. The van der Waals surface area contributed by atoms with Crippen molar-refractivity contribution in [3.05, 3.63) is 40.9 Å². The number of aryl methyl sites for hydroxylation is 1. The maximum atomic E-state index is 6.36. The molecule has 1 fully saturated rings. The molecule has 1 aliphatic heterocycles. The van der Waals surface area contributed by atoms with Gasteiger partial charge in [0.25, 0.3) is 0 Å². The van der Waals surface area contributed by atoms with Crippen molar-refractivity contribution in [3.8, 4) is 0 Å². The fraction of sp³-hybridized carbons (Fsp3) is 0.500. The van der Waals surface area contributed by atoms with Crippen LogP contribution in [0.15, 0.2) is 29.3 Å². The van der Waals surface area contributed by atoms with Gasteiger partial charge in [-0.3, -0.25) is 4.99 Å². The molecule has 2 heterocycles. The first-order valence-electron chi connectivity index (χ1n) is 8.90. The van der Waals surface area contributed by atoms with E-state index < -0.39 is 0 Å². The first-order valence-corrected chi connectivity index (χ1v) is 9.28. The Morgan fingerprint density at radius 1 is 1.33 bits per heavy atom. The van der Waals surface area contributed by atoms with E-state index in [9.17, 15) is 0 Å². The lowest BCUT2D eigenvalue weighted by molar-refractivity contribution is 0.467. The molecular formula is C18H27ClIN7. The number of benzene rings is 1. The van der Waals surface area contributed by atoms with Gasteiger partial charge in [-0.25, -0.2) is 0 Å². The number of para-hydroxylation sites is 1. The summed E-state index contributed by atoms with van der Waals surface area (Å²) in [5, 5.41) is 15.9. The summed E-state index contributed by atoms with van der Waals surface area (Å²) in [4.78, 5) is 6.68. The standard InChI is InChI=1S/C18H26ClN7.HI/c1-13-23-24-17(25(13)3)11-21-18(20-2)22-14-7-6-10-26(12-14)16-9-5-4-8-15(16)19;/h4-5,8-9,14H,6-7,10-12H2,1-3H3,(H2,20,21,22);1H. The number of rotatable bonds is 4. The van der Waals surface area contributed by atoms with E-state index in [1.54, 1.807) is 7.05 Å². The summed E-state index contributed by atoms with van der Waals surface area (Å²) in [6.45, 7) is 4.44. The van der Waals surface area contributed by atoms with E-state index in [1.807, 2.05) is 36.7 Å². The topological polar surface area (TPSA) is 70.4 Å². The summed E-state index contributed by atoms with van der Waals surface area (Å²) in [6.07, 6.45) is 2.22. The number of guanidine groups is 1. The van der Waals surface area contributed by atoms with Crippen molar-refractivity contribution in [2.45, 2.75) is 32.4 Å². The van der Waals surface area contributed by atoms with Gasteiger partial charge in [-0.05, 0) is 31.9 Å². The number of nitrogens with one attached hydrogen (secondary N) is 2.